The van der Waals surface area contributed by atoms with Crippen molar-refractivity contribution in [2.45, 2.75) is 12.8 Å². The van der Waals surface area contributed by atoms with E-state index in [0.717, 1.165) is 24.3 Å². The maximum Gasteiger partial charge on any atom is 0.227 e. The summed E-state index contributed by atoms with van der Waals surface area (Å²) in [5.41, 5.74) is 0.734. The van der Waals surface area contributed by atoms with E-state index >= 15 is 0 Å². The van der Waals surface area contributed by atoms with Gasteiger partial charge >= 0.3 is 0 Å². The Morgan fingerprint density at radius 1 is 1.41 bits per heavy atom. The number of nitrogens with zero attached hydrogens (tertiary/aromatic N) is 3. The Morgan fingerprint density at radius 3 is 2.88 bits per heavy atom. The van der Waals surface area contributed by atoms with E-state index in [0.29, 0.717) is 0 Å². The fourth-order valence-corrected chi connectivity index (χ4v) is 1.59. The van der Waals surface area contributed by atoms with Gasteiger partial charge in [0, 0.05) is 18.3 Å². The second kappa shape index (κ2) is 4.01. The van der Waals surface area contributed by atoms with E-state index in [1.54, 1.807) is 17.1 Å². The van der Waals surface area contributed by atoms with Crippen molar-refractivity contribution in [1.29, 1.82) is 0 Å². The van der Waals surface area contributed by atoms with E-state index in [1.165, 1.54) is 0 Å². The van der Waals surface area contributed by atoms with Gasteiger partial charge in [-0.3, -0.25) is 4.79 Å². The van der Waals surface area contributed by atoms with Gasteiger partial charge in [-0.15, -0.1) is 0 Å². The molecule has 1 aliphatic carbocycles. The summed E-state index contributed by atoms with van der Waals surface area (Å²) in [7, 11) is 0. The molecule has 0 aromatic carbocycles. The fraction of sp³-hybridized carbons (Fsp3) is 0.250. The van der Waals surface area contributed by atoms with E-state index in [-0.39, 0.29) is 11.8 Å². The number of hydrogen-bond donors (Lipinski definition) is 1. The van der Waals surface area contributed by atoms with E-state index in [9.17, 15) is 4.79 Å². The summed E-state index contributed by atoms with van der Waals surface area (Å²) >= 11 is 0. The third kappa shape index (κ3) is 2.18. The van der Waals surface area contributed by atoms with Crippen LogP contribution in [0.15, 0.2) is 36.8 Å². The second-order valence-corrected chi connectivity index (χ2v) is 4.12. The Bertz CT molecular complexity index is 514. The van der Waals surface area contributed by atoms with Crippen LogP contribution in [-0.4, -0.2) is 20.7 Å². The molecule has 2 aromatic rings. The molecule has 1 N–H and O–H groups in total. The molecule has 17 heavy (non-hydrogen) atoms. The van der Waals surface area contributed by atoms with Crippen molar-refractivity contribution in [3.05, 3.63) is 36.8 Å². The molecular formula is C12H12N4O. The van der Waals surface area contributed by atoms with E-state index in [1.807, 2.05) is 24.4 Å². The van der Waals surface area contributed by atoms with E-state index in [2.05, 4.69) is 15.4 Å². The van der Waals surface area contributed by atoms with Gasteiger partial charge < -0.3 is 5.32 Å². The van der Waals surface area contributed by atoms with Gasteiger partial charge in [0.2, 0.25) is 5.91 Å². The fourth-order valence-electron chi connectivity index (χ4n) is 1.59. The number of aromatic nitrogens is 3. The van der Waals surface area contributed by atoms with Crippen LogP contribution in [0.2, 0.25) is 0 Å². The molecule has 5 heteroatoms. The van der Waals surface area contributed by atoms with Gasteiger partial charge in [0.05, 0.1) is 11.9 Å². The zero-order valence-corrected chi connectivity index (χ0v) is 9.21. The first-order valence-corrected chi connectivity index (χ1v) is 5.60. The summed E-state index contributed by atoms with van der Waals surface area (Å²) in [5.74, 6) is 1.04. The minimum absolute atomic E-state index is 0.0960. The van der Waals surface area contributed by atoms with Gasteiger partial charge in [-0.1, -0.05) is 0 Å². The molecule has 5 nitrogen and oxygen atoms in total. The highest BCUT2D eigenvalue weighted by atomic mass is 16.2. The van der Waals surface area contributed by atoms with Crippen LogP contribution in [0.1, 0.15) is 12.8 Å². The third-order valence-electron chi connectivity index (χ3n) is 2.70. The molecule has 1 amide bonds. The monoisotopic (exact) mass is 228 g/mol. The topological polar surface area (TPSA) is 59.8 Å². The van der Waals surface area contributed by atoms with Crippen molar-refractivity contribution in [2.75, 3.05) is 5.32 Å². The maximum atomic E-state index is 11.5. The lowest BCUT2D eigenvalue weighted by Gasteiger charge is -2.05. The lowest BCUT2D eigenvalue weighted by molar-refractivity contribution is -0.117. The van der Waals surface area contributed by atoms with Crippen LogP contribution in [-0.2, 0) is 4.79 Å². The first-order valence-electron chi connectivity index (χ1n) is 5.60. The zero-order valence-electron chi connectivity index (χ0n) is 9.21. The highest BCUT2D eigenvalue weighted by molar-refractivity contribution is 5.93. The molecule has 1 saturated carbocycles. The molecular weight excluding hydrogens is 216 g/mol. The Kier molecular flexibility index (Phi) is 2.36. The van der Waals surface area contributed by atoms with Crippen molar-refractivity contribution < 1.29 is 4.79 Å². The van der Waals surface area contributed by atoms with Crippen molar-refractivity contribution in [1.82, 2.24) is 14.8 Å². The molecule has 0 bridgehead atoms. The van der Waals surface area contributed by atoms with Crippen molar-refractivity contribution in [3.63, 3.8) is 0 Å². The first-order chi connectivity index (χ1) is 8.33. The summed E-state index contributed by atoms with van der Waals surface area (Å²) < 4.78 is 1.67. The van der Waals surface area contributed by atoms with Crippen molar-refractivity contribution in [3.8, 4) is 5.82 Å². The summed E-state index contributed by atoms with van der Waals surface area (Å²) in [6.45, 7) is 0. The number of hydrogen-bond acceptors (Lipinski definition) is 3. The van der Waals surface area contributed by atoms with E-state index in [4.69, 9.17) is 0 Å². The van der Waals surface area contributed by atoms with Gasteiger partial charge in [-0.2, -0.15) is 5.10 Å². The molecule has 0 radical (unpaired) electrons. The average Bonchev–Trinajstić information content (AvgIpc) is 3.07. The van der Waals surface area contributed by atoms with Gasteiger partial charge in [-0.25, -0.2) is 9.67 Å². The quantitative estimate of drug-likeness (QED) is 0.868. The number of rotatable bonds is 3. The molecule has 2 aromatic heterocycles. The molecule has 0 saturated heterocycles. The summed E-state index contributed by atoms with van der Waals surface area (Å²) in [5, 5.41) is 6.93. The Labute approximate surface area is 98.5 Å². The van der Waals surface area contributed by atoms with Crippen LogP contribution < -0.4 is 5.32 Å². The minimum atomic E-state index is 0.0960. The Balaban J connectivity index is 1.73. The normalized spacial score (nSPS) is 14.6. The van der Waals surface area contributed by atoms with Gasteiger partial charge in [-0.05, 0) is 31.0 Å². The number of carbonyl (C=O) groups excluding carboxylic acids is 1. The number of carbonyl (C=O) groups is 1. The summed E-state index contributed by atoms with van der Waals surface area (Å²) in [6, 6.07) is 5.50. The van der Waals surface area contributed by atoms with Crippen LogP contribution in [0.5, 0.6) is 0 Å². The number of pyridine rings is 1. The van der Waals surface area contributed by atoms with Gasteiger partial charge in [0.25, 0.3) is 0 Å². The molecule has 1 fully saturated rings. The van der Waals surface area contributed by atoms with Crippen molar-refractivity contribution >= 4 is 11.6 Å². The average molecular weight is 228 g/mol. The molecule has 0 unspecified atom stereocenters. The second-order valence-electron chi connectivity index (χ2n) is 4.12. The molecule has 2 heterocycles. The SMILES string of the molecule is O=C(Nc1ccc(-n2cccn2)nc1)C1CC1. The highest BCUT2D eigenvalue weighted by Gasteiger charge is 2.29. The van der Waals surface area contributed by atoms with Crippen LogP contribution >= 0.6 is 0 Å². The summed E-state index contributed by atoms with van der Waals surface area (Å²) in [6.07, 6.45) is 7.18. The third-order valence-corrected chi connectivity index (χ3v) is 2.70. The number of nitrogens with one attached hydrogen (secondary N) is 1. The van der Waals surface area contributed by atoms with Crippen LogP contribution in [0, 0.1) is 5.92 Å². The predicted octanol–water partition coefficient (Wildman–Crippen LogP) is 1.62. The standard InChI is InChI=1S/C12H12N4O/c17-12(9-2-3-9)15-10-4-5-11(13-8-10)16-7-1-6-14-16/h1,4-9H,2-3H2,(H,15,17). The molecule has 0 atom stereocenters. The lowest BCUT2D eigenvalue weighted by atomic mass is 10.3. The molecule has 1 aliphatic rings. The summed E-state index contributed by atoms with van der Waals surface area (Å²) in [4.78, 5) is 15.8. The zero-order chi connectivity index (χ0) is 11.7. The largest absolute Gasteiger partial charge is 0.324 e. The lowest BCUT2D eigenvalue weighted by Crippen LogP contribution is -2.13. The molecule has 0 spiro atoms. The van der Waals surface area contributed by atoms with Crippen molar-refractivity contribution in [2.24, 2.45) is 5.92 Å². The van der Waals surface area contributed by atoms with Crippen LogP contribution in [0.3, 0.4) is 0 Å². The Morgan fingerprint density at radius 2 is 2.29 bits per heavy atom. The molecule has 3 rings (SSSR count). The highest BCUT2D eigenvalue weighted by Crippen LogP contribution is 2.30. The first kappa shape index (κ1) is 10.0. The van der Waals surface area contributed by atoms with E-state index < -0.39 is 0 Å². The molecule has 86 valence electrons. The maximum absolute atomic E-state index is 11.5. The number of amides is 1. The molecule has 0 aliphatic heterocycles. The number of anilines is 1. The predicted molar refractivity (Wildman–Crippen MR) is 62.7 cm³/mol. The van der Waals surface area contributed by atoms with Gasteiger partial charge in [0.1, 0.15) is 0 Å². The minimum Gasteiger partial charge on any atom is -0.324 e. The van der Waals surface area contributed by atoms with Gasteiger partial charge in [0.15, 0.2) is 5.82 Å². The van der Waals surface area contributed by atoms with Crippen LogP contribution in [0.25, 0.3) is 5.82 Å². The Hall–Kier alpha value is -2.17. The van der Waals surface area contributed by atoms with Crippen LogP contribution in [0.4, 0.5) is 5.69 Å². The smallest absolute Gasteiger partial charge is 0.227 e.